The number of aliphatic hydroxyl groups excluding tert-OH is 1. The first kappa shape index (κ1) is 14.2. The Morgan fingerprint density at radius 2 is 1.89 bits per heavy atom. The molecule has 0 radical (unpaired) electrons. The number of aliphatic hydroxyl groups is 1. The van der Waals surface area contributed by atoms with Gasteiger partial charge in [-0.05, 0) is 25.8 Å². The largest absolute Gasteiger partial charge is 0.396 e. The van der Waals surface area contributed by atoms with Gasteiger partial charge in [-0.1, -0.05) is 0 Å². The van der Waals surface area contributed by atoms with Crippen LogP contribution >= 0.6 is 0 Å². The van der Waals surface area contributed by atoms with Crippen molar-refractivity contribution in [1.82, 2.24) is 4.90 Å². The second kappa shape index (κ2) is 5.86. The van der Waals surface area contributed by atoms with Gasteiger partial charge in [-0.25, -0.2) is 8.42 Å². The highest BCUT2D eigenvalue weighted by molar-refractivity contribution is 7.91. The molecule has 0 saturated carbocycles. The van der Waals surface area contributed by atoms with Gasteiger partial charge in [0.05, 0.1) is 18.1 Å². The Hall–Kier alpha value is -0.170. The fourth-order valence-corrected chi connectivity index (χ4v) is 4.10. The van der Waals surface area contributed by atoms with Gasteiger partial charge in [0.2, 0.25) is 0 Å². The summed E-state index contributed by atoms with van der Waals surface area (Å²) in [4.78, 5) is 2.20. The highest BCUT2D eigenvalue weighted by Crippen LogP contribution is 2.31. The van der Waals surface area contributed by atoms with E-state index in [9.17, 15) is 13.5 Å². The fourth-order valence-electron chi connectivity index (χ4n) is 2.79. The van der Waals surface area contributed by atoms with Crippen LogP contribution in [0.3, 0.4) is 0 Å². The molecule has 2 heterocycles. The topological polar surface area (TPSA) is 66.8 Å². The minimum Gasteiger partial charge on any atom is -0.396 e. The van der Waals surface area contributed by atoms with Crippen molar-refractivity contribution in [2.75, 3.05) is 51.0 Å². The summed E-state index contributed by atoms with van der Waals surface area (Å²) in [6.45, 7) is 3.79. The van der Waals surface area contributed by atoms with E-state index in [0.717, 1.165) is 25.9 Å². The molecular formula is C12H23NO4S. The number of ether oxygens (including phenoxy) is 1. The minimum atomic E-state index is -2.85. The van der Waals surface area contributed by atoms with Crippen LogP contribution in [0.15, 0.2) is 0 Å². The Balaban J connectivity index is 1.95. The van der Waals surface area contributed by atoms with Crippen LogP contribution in [0, 0.1) is 5.41 Å². The van der Waals surface area contributed by atoms with Crippen LogP contribution in [0.2, 0.25) is 0 Å². The van der Waals surface area contributed by atoms with Gasteiger partial charge in [0.1, 0.15) is 0 Å². The maximum Gasteiger partial charge on any atom is 0.151 e. The van der Waals surface area contributed by atoms with E-state index >= 15 is 0 Å². The molecule has 0 spiro atoms. The van der Waals surface area contributed by atoms with Crippen LogP contribution in [0.1, 0.15) is 19.3 Å². The fraction of sp³-hybridized carbons (Fsp3) is 1.00. The first-order valence-corrected chi connectivity index (χ1v) is 8.49. The third-order valence-corrected chi connectivity index (χ3v) is 5.81. The minimum absolute atomic E-state index is 0.0909. The van der Waals surface area contributed by atoms with Crippen molar-refractivity contribution in [3.63, 3.8) is 0 Å². The van der Waals surface area contributed by atoms with Gasteiger partial charge in [-0.3, -0.25) is 0 Å². The van der Waals surface area contributed by atoms with Gasteiger partial charge in [-0.15, -0.1) is 0 Å². The van der Waals surface area contributed by atoms with E-state index in [1.807, 2.05) is 0 Å². The van der Waals surface area contributed by atoms with E-state index in [4.69, 9.17) is 4.74 Å². The SMILES string of the molecule is O=S1(=O)CCCN(CC2(CO)CCOCC2)CC1. The lowest BCUT2D eigenvalue weighted by Gasteiger charge is -2.39. The molecule has 1 N–H and O–H groups in total. The van der Waals surface area contributed by atoms with Crippen LogP contribution in [0.25, 0.3) is 0 Å². The van der Waals surface area contributed by atoms with Gasteiger partial charge in [0, 0.05) is 31.7 Å². The van der Waals surface area contributed by atoms with Crippen molar-refractivity contribution in [3.8, 4) is 0 Å². The molecular weight excluding hydrogens is 254 g/mol. The molecule has 0 bridgehead atoms. The Morgan fingerprint density at radius 3 is 2.56 bits per heavy atom. The zero-order chi connectivity index (χ0) is 13.1. The summed E-state index contributed by atoms with van der Waals surface area (Å²) in [5.74, 6) is 0.559. The monoisotopic (exact) mass is 277 g/mol. The number of nitrogens with zero attached hydrogens (tertiary/aromatic N) is 1. The van der Waals surface area contributed by atoms with Gasteiger partial charge >= 0.3 is 0 Å². The molecule has 5 nitrogen and oxygen atoms in total. The highest BCUT2D eigenvalue weighted by atomic mass is 32.2. The molecule has 0 aliphatic carbocycles. The molecule has 18 heavy (non-hydrogen) atoms. The maximum absolute atomic E-state index is 11.6. The van der Waals surface area contributed by atoms with Crippen molar-refractivity contribution < 1.29 is 18.3 Å². The van der Waals surface area contributed by atoms with Gasteiger partial charge < -0.3 is 14.7 Å². The molecule has 2 rings (SSSR count). The van der Waals surface area contributed by atoms with Crippen LogP contribution in [-0.4, -0.2) is 69.4 Å². The quantitative estimate of drug-likeness (QED) is 0.780. The molecule has 0 amide bonds. The first-order chi connectivity index (χ1) is 8.55. The molecule has 2 fully saturated rings. The number of sulfone groups is 1. The lowest BCUT2D eigenvalue weighted by atomic mass is 9.80. The summed E-state index contributed by atoms with van der Waals surface area (Å²) < 4.78 is 28.5. The predicted octanol–water partition coefficient (Wildman–Crippen LogP) is -0.104. The van der Waals surface area contributed by atoms with Crippen molar-refractivity contribution in [2.45, 2.75) is 19.3 Å². The lowest BCUT2D eigenvalue weighted by Crippen LogP contribution is -2.44. The second-order valence-corrected chi connectivity index (χ2v) is 7.86. The van der Waals surface area contributed by atoms with Crippen LogP contribution < -0.4 is 0 Å². The summed E-state index contributed by atoms with van der Waals surface area (Å²) in [5, 5.41) is 9.64. The Bertz CT molecular complexity index is 362. The van der Waals surface area contributed by atoms with E-state index in [2.05, 4.69) is 4.90 Å². The van der Waals surface area contributed by atoms with E-state index in [1.54, 1.807) is 0 Å². The van der Waals surface area contributed by atoms with Crippen molar-refractivity contribution >= 4 is 9.84 Å². The molecule has 0 aromatic rings. The molecule has 106 valence electrons. The molecule has 0 unspecified atom stereocenters. The van der Waals surface area contributed by atoms with E-state index in [1.165, 1.54) is 0 Å². The lowest BCUT2D eigenvalue weighted by molar-refractivity contribution is -0.0332. The first-order valence-electron chi connectivity index (χ1n) is 6.67. The third kappa shape index (κ3) is 3.66. The third-order valence-electron chi connectivity index (χ3n) is 4.10. The average Bonchev–Trinajstić information content (AvgIpc) is 2.52. The smallest absolute Gasteiger partial charge is 0.151 e. The predicted molar refractivity (Wildman–Crippen MR) is 69.3 cm³/mol. The van der Waals surface area contributed by atoms with E-state index in [0.29, 0.717) is 31.9 Å². The number of rotatable bonds is 3. The van der Waals surface area contributed by atoms with Crippen LogP contribution in [0.4, 0.5) is 0 Å². The molecule has 6 heteroatoms. The molecule has 0 atom stereocenters. The average molecular weight is 277 g/mol. The highest BCUT2D eigenvalue weighted by Gasteiger charge is 2.34. The molecule has 2 aliphatic rings. The zero-order valence-electron chi connectivity index (χ0n) is 10.8. The Labute approximate surface area is 109 Å². The van der Waals surface area contributed by atoms with Crippen LogP contribution in [0.5, 0.6) is 0 Å². The molecule has 2 saturated heterocycles. The Morgan fingerprint density at radius 1 is 1.17 bits per heavy atom. The molecule has 2 aliphatic heterocycles. The standard InChI is InChI=1S/C12H23NO4S/c14-11-12(2-6-17-7-3-12)10-13-4-1-8-18(15,16)9-5-13/h14H,1-11H2. The van der Waals surface area contributed by atoms with Crippen molar-refractivity contribution in [1.29, 1.82) is 0 Å². The molecule has 0 aromatic heterocycles. The van der Waals surface area contributed by atoms with Gasteiger partial charge in [0.15, 0.2) is 9.84 Å². The van der Waals surface area contributed by atoms with Crippen LogP contribution in [-0.2, 0) is 14.6 Å². The summed E-state index contributed by atoms with van der Waals surface area (Å²) in [7, 11) is -2.85. The van der Waals surface area contributed by atoms with Gasteiger partial charge in [0.25, 0.3) is 0 Å². The number of hydrogen-bond acceptors (Lipinski definition) is 5. The van der Waals surface area contributed by atoms with E-state index < -0.39 is 9.84 Å². The number of hydrogen-bond donors (Lipinski definition) is 1. The summed E-state index contributed by atoms with van der Waals surface area (Å²) in [6, 6.07) is 0. The normalized spacial score (nSPS) is 28.7. The van der Waals surface area contributed by atoms with Gasteiger partial charge in [-0.2, -0.15) is 0 Å². The van der Waals surface area contributed by atoms with Crippen molar-refractivity contribution in [2.24, 2.45) is 5.41 Å². The van der Waals surface area contributed by atoms with Crippen molar-refractivity contribution in [3.05, 3.63) is 0 Å². The molecule has 0 aromatic carbocycles. The summed E-state index contributed by atoms with van der Waals surface area (Å²) in [6.07, 6.45) is 2.44. The maximum atomic E-state index is 11.6. The van der Waals surface area contributed by atoms with E-state index in [-0.39, 0.29) is 17.8 Å². The zero-order valence-corrected chi connectivity index (χ0v) is 11.6. The Kier molecular flexibility index (Phi) is 4.64. The summed E-state index contributed by atoms with van der Waals surface area (Å²) in [5.41, 5.74) is -0.0909. The summed E-state index contributed by atoms with van der Waals surface area (Å²) >= 11 is 0. The second-order valence-electron chi connectivity index (χ2n) is 5.55.